The summed E-state index contributed by atoms with van der Waals surface area (Å²) in [7, 11) is 0. The van der Waals surface area contributed by atoms with Crippen molar-refractivity contribution in [2.45, 2.75) is 51.1 Å². The Morgan fingerprint density at radius 1 is 1.00 bits per heavy atom. The first-order chi connectivity index (χ1) is 14.2. The van der Waals surface area contributed by atoms with Crippen molar-refractivity contribution in [1.82, 2.24) is 0 Å². The summed E-state index contributed by atoms with van der Waals surface area (Å²) in [5, 5.41) is 0. The summed E-state index contributed by atoms with van der Waals surface area (Å²) in [6.07, 6.45) is 6.69. The minimum Gasteiger partial charge on any atom is -0.251 e. The van der Waals surface area contributed by atoms with Gasteiger partial charge in [-0.15, -0.1) is 0 Å². The summed E-state index contributed by atoms with van der Waals surface area (Å²) in [4.78, 5) is 0. The zero-order chi connectivity index (χ0) is 21.8. The average molecular weight is 428 g/mol. The van der Waals surface area contributed by atoms with E-state index >= 15 is 0 Å². The van der Waals surface area contributed by atoms with E-state index in [-0.39, 0.29) is 24.6 Å². The van der Waals surface area contributed by atoms with Crippen LogP contribution in [0.25, 0.3) is 5.57 Å². The van der Waals surface area contributed by atoms with Crippen LogP contribution in [-0.4, -0.2) is 12.9 Å². The van der Waals surface area contributed by atoms with Gasteiger partial charge in [-0.1, -0.05) is 30.4 Å². The molecule has 3 rings (SSSR count). The van der Waals surface area contributed by atoms with Crippen molar-refractivity contribution in [2.24, 2.45) is 17.3 Å². The number of allylic oxidation sites excluding steroid dienone is 6. The van der Waals surface area contributed by atoms with Gasteiger partial charge < -0.3 is 0 Å². The lowest BCUT2D eigenvalue weighted by molar-refractivity contribution is -0.226. The van der Waals surface area contributed by atoms with Crippen molar-refractivity contribution in [1.29, 1.82) is 0 Å². The Hall–Kier alpha value is -1.98. The lowest BCUT2D eigenvalue weighted by atomic mass is 9.63. The summed E-state index contributed by atoms with van der Waals surface area (Å²) in [5.41, 5.74) is -1.31. The van der Waals surface area contributed by atoms with Gasteiger partial charge in [-0.25, -0.2) is 8.78 Å². The van der Waals surface area contributed by atoms with E-state index < -0.39 is 29.1 Å². The minimum atomic E-state index is -4.41. The Morgan fingerprint density at radius 3 is 2.20 bits per heavy atom. The van der Waals surface area contributed by atoms with Gasteiger partial charge in [0.25, 0.3) is 0 Å². The van der Waals surface area contributed by atoms with E-state index in [0.717, 1.165) is 18.2 Å². The molecular formula is C24H26F6. The average Bonchev–Trinajstić information content (AvgIpc) is 2.70. The molecule has 1 aromatic carbocycles. The van der Waals surface area contributed by atoms with Crippen LogP contribution in [0, 0.1) is 28.9 Å². The first-order valence-corrected chi connectivity index (χ1v) is 10.4. The fraction of sp³-hybridized carbons (Fsp3) is 0.500. The fourth-order valence-corrected chi connectivity index (χ4v) is 4.64. The van der Waals surface area contributed by atoms with Crippen molar-refractivity contribution >= 4 is 5.57 Å². The monoisotopic (exact) mass is 428 g/mol. The van der Waals surface area contributed by atoms with Crippen molar-refractivity contribution in [2.75, 3.05) is 6.67 Å². The van der Waals surface area contributed by atoms with E-state index in [4.69, 9.17) is 0 Å². The molecule has 0 amide bonds. The Labute approximate surface area is 173 Å². The molecule has 2 aliphatic carbocycles. The maximum atomic E-state index is 14.2. The van der Waals surface area contributed by atoms with Crippen LogP contribution in [0.4, 0.5) is 26.3 Å². The highest BCUT2D eigenvalue weighted by Gasteiger charge is 2.57. The second kappa shape index (κ2) is 9.44. The second-order valence-electron chi connectivity index (χ2n) is 8.26. The van der Waals surface area contributed by atoms with Gasteiger partial charge in [-0.2, -0.15) is 13.2 Å². The minimum absolute atomic E-state index is 0.234. The summed E-state index contributed by atoms with van der Waals surface area (Å²) >= 11 is 0. The molecule has 0 N–H and O–H groups in total. The largest absolute Gasteiger partial charge is 0.398 e. The number of halogens is 6. The zero-order valence-corrected chi connectivity index (χ0v) is 16.7. The molecular weight excluding hydrogens is 402 g/mol. The topological polar surface area (TPSA) is 0 Å². The van der Waals surface area contributed by atoms with Gasteiger partial charge >= 0.3 is 6.18 Å². The van der Waals surface area contributed by atoms with Gasteiger partial charge in [0.15, 0.2) is 0 Å². The summed E-state index contributed by atoms with van der Waals surface area (Å²) in [5.74, 6) is -1.82. The molecule has 1 aromatic rings. The van der Waals surface area contributed by atoms with Gasteiger partial charge in [0.05, 0.1) is 12.1 Å². The molecule has 1 atom stereocenters. The molecule has 30 heavy (non-hydrogen) atoms. The smallest absolute Gasteiger partial charge is 0.251 e. The van der Waals surface area contributed by atoms with Crippen LogP contribution in [-0.2, 0) is 0 Å². The Morgan fingerprint density at radius 2 is 1.67 bits per heavy atom. The van der Waals surface area contributed by atoms with E-state index in [2.05, 4.69) is 0 Å². The van der Waals surface area contributed by atoms with E-state index in [1.165, 1.54) is 18.2 Å². The van der Waals surface area contributed by atoms with Crippen molar-refractivity contribution < 1.29 is 26.3 Å². The molecule has 164 valence electrons. The summed E-state index contributed by atoms with van der Waals surface area (Å²) in [6.45, 7) is -0.366. The lowest BCUT2D eigenvalue weighted by Crippen LogP contribution is -2.44. The van der Waals surface area contributed by atoms with Crippen LogP contribution in [0.2, 0.25) is 0 Å². The van der Waals surface area contributed by atoms with E-state index in [0.29, 0.717) is 44.1 Å². The number of hydrogen-bond donors (Lipinski definition) is 0. The fourth-order valence-electron chi connectivity index (χ4n) is 4.64. The summed E-state index contributed by atoms with van der Waals surface area (Å²) < 4.78 is 81.7. The number of hydrogen-bond acceptors (Lipinski definition) is 0. The molecule has 2 aliphatic rings. The number of unbranched alkanes of at least 4 members (excludes halogenated alkanes) is 1. The number of alkyl halides is 4. The van der Waals surface area contributed by atoms with Gasteiger partial charge in [0.1, 0.15) is 11.6 Å². The lowest BCUT2D eigenvalue weighted by Gasteiger charge is -2.44. The van der Waals surface area contributed by atoms with E-state index in [9.17, 15) is 26.3 Å². The Bertz CT molecular complexity index is 791. The molecule has 0 spiro atoms. The Kier molecular flexibility index (Phi) is 7.14. The normalized spacial score (nSPS) is 27.5. The third kappa shape index (κ3) is 5.01. The molecule has 0 radical (unpaired) electrons. The van der Waals surface area contributed by atoms with E-state index in [1.807, 2.05) is 12.2 Å². The molecule has 1 saturated carbocycles. The Balaban J connectivity index is 1.73. The van der Waals surface area contributed by atoms with Crippen LogP contribution in [0.3, 0.4) is 0 Å². The molecule has 0 saturated heterocycles. The zero-order valence-electron chi connectivity index (χ0n) is 16.7. The number of rotatable bonds is 6. The molecule has 0 nitrogen and oxygen atoms in total. The predicted molar refractivity (Wildman–Crippen MR) is 106 cm³/mol. The van der Waals surface area contributed by atoms with Gasteiger partial charge in [-0.3, -0.25) is 4.39 Å². The highest BCUT2D eigenvalue weighted by atomic mass is 19.4. The van der Waals surface area contributed by atoms with Crippen LogP contribution >= 0.6 is 0 Å². The van der Waals surface area contributed by atoms with Crippen molar-refractivity contribution in [3.8, 4) is 0 Å². The van der Waals surface area contributed by atoms with Crippen molar-refractivity contribution in [3.63, 3.8) is 0 Å². The molecule has 0 aliphatic heterocycles. The van der Waals surface area contributed by atoms with Crippen LogP contribution in [0.15, 0.2) is 48.6 Å². The highest BCUT2D eigenvalue weighted by Crippen LogP contribution is 2.55. The standard InChI is InChI=1S/C24H26F6/c25-13-3-1-2-4-17-5-7-20(8-6-17)23(24(28,29)30)11-9-18(10-12-23)19-14-21(26)16-22(27)15-19/h2,4,9-11,14-17,20H,1,3,5-8,12-13H2/b4-2+. The van der Waals surface area contributed by atoms with Crippen molar-refractivity contribution in [3.05, 3.63) is 65.8 Å². The highest BCUT2D eigenvalue weighted by molar-refractivity contribution is 5.75. The molecule has 0 heterocycles. The van der Waals surface area contributed by atoms with Crippen LogP contribution in [0.5, 0.6) is 0 Å². The third-order valence-corrected chi connectivity index (χ3v) is 6.36. The SMILES string of the molecule is FCCC/C=C/C1CCC(C2(C(F)(F)F)C=CC(c3cc(F)cc(F)c3)=CC2)CC1. The van der Waals surface area contributed by atoms with Crippen LogP contribution < -0.4 is 0 Å². The molecule has 0 aromatic heterocycles. The first kappa shape index (κ1) is 22.7. The molecule has 6 heteroatoms. The second-order valence-corrected chi connectivity index (χ2v) is 8.26. The van der Waals surface area contributed by atoms with Gasteiger partial charge in [0.2, 0.25) is 0 Å². The maximum Gasteiger partial charge on any atom is 0.398 e. The van der Waals surface area contributed by atoms with Gasteiger partial charge in [-0.05, 0) is 80.1 Å². The predicted octanol–water partition coefficient (Wildman–Crippen LogP) is 7.97. The van der Waals surface area contributed by atoms with Gasteiger partial charge in [0, 0.05) is 6.07 Å². The van der Waals surface area contributed by atoms with E-state index in [1.54, 1.807) is 0 Å². The molecule has 1 unspecified atom stereocenters. The van der Waals surface area contributed by atoms with Crippen LogP contribution in [0.1, 0.15) is 50.5 Å². The first-order valence-electron chi connectivity index (χ1n) is 10.4. The maximum absolute atomic E-state index is 14.2. The third-order valence-electron chi connectivity index (χ3n) is 6.36. The summed E-state index contributed by atoms with van der Waals surface area (Å²) in [6, 6.07) is 2.99. The quantitative estimate of drug-likeness (QED) is 0.245. The number of benzene rings is 1. The molecule has 0 bridgehead atoms. The molecule has 1 fully saturated rings.